The van der Waals surface area contributed by atoms with Gasteiger partial charge < -0.3 is 16.0 Å². The highest BCUT2D eigenvalue weighted by molar-refractivity contribution is 5.91. The van der Waals surface area contributed by atoms with E-state index >= 15 is 0 Å². The van der Waals surface area contributed by atoms with Gasteiger partial charge in [-0.2, -0.15) is 0 Å². The van der Waals surface area contributed by atoms with Crippen molar-refractivity contribution in [1.29, 1.82) is 0 Å². The third kappa shape index (κ3) is 6.91. The third-order valence-electron chi connectivity index (χ3n) is 5.83. The van der Waals surface area contributed by atoms with Crippen LogP contribution in [0.25, 0.3) is 22.8 Å². The lowest BCUT2D eigenvalue weighted by molar-refractivity contribution is 0.252. The number of amides is 2. The summed E-state index contributed by atoms with van der Waals surface area (Å²) in [5.74, 6) is 0.914. The van der Waals surface area contributed by atoms with Gasteiger partial charge in [0.15, 0.2) is 11.6 Å². The van der Waals surface area contributed by atoms with Gasteiger partial charge in [-0.05, 0) is 95.5 Å². The first-order valence-corrected chi connectivity index (χ1v) is 12.0. The van der Waals surface area contributed by atoms with Crippen LogP contribution in [0.2, 0.25) is 0 Å². The number of anilines is 1. The second kappa shape index (κ2) is 12.1. The van der Waals surface area contributed by atoms with Gasteiger partial charge in [0.05, 0.1) is 0 Å². The lowest BCUT2D eigenvalue weighted by atomic mass is 10.1. The first-order valence-electron chi connectivity index (χ1n) is 12.0. The molecule has 4 aromatic rings. The molecule has 194 valence electrons. The predicted octanol–water partition coefficient (Wildman–Crippen LogP) is 2.25. The molecule has 0 bridgehead atoms. The number of carbonyl (C=O) groups excluding carboxylic acids is 1. The standard InChI is InChI=1S/C24H30FN11O/c1-16-12-17(6-7-21(16)25)8-11-26-9-4-5-10-27-24(37)28-20-14-18(22-29-31-33-35(22)2)13-19(15-20)23-30-32-34-36(23)3/h6-7,12-15,26H,4-5,8-11H2,1-3H3,(H2,27,28,37). The highest BCUT2D eigenvalue weighted by Crippen LogP contribution is 2.27. The summed E-state index contributed by atoms with van der Waals surface area (Å²) in [6.45, 7) is 3.97. The van der Waals surface area contributed by atoms with Crippen molar-refractivity contribution in [2.45, 2.75) is 26.2 Å². The van der Waals surface area contributed by atoms with Gasteiger partial charge in [-0.15, -0.1) is 10.2 Å². The maximum atomic E-state index is 13.4. The molecule has 0 aliphatic rings. The fourth-order valence-corrected chi connectivity index (χ4v) is 3.88. The summed E-state index contributed by atoms with van der Waals surface area (Å²) in [4.78, 5) is 12.5. The lowest BCUT2D eigenvalue weighted by Crippen LogP contribution is -2.30. The van der Waals surface area contributed by atoms with E-state index in [0.29, 0.717) is 40.6 Å². The molecular formula is C24H30FN11O. The van der Waals surface area contributed by atoms with Crippen molar-refractivity contribution in [3.8, 4) is 22.8 Å². The Kier molecular flexibility index (Phi) is 8.46. The van der Waals surface area contributed by atoms with Crippen LogP contribution >= 0.6 is 0 Å². The number of tetrazole rings is 2. The zero-order valence-electron chi connectivity index (χ0n) is 21.1. The first kappa shape index (κ1) is 25.8. The number of hydrogen-bond donors (Lipinski definition) is 3. The molecule has 2 aromatic heterocycles. The molecule has 13 heteroatoms. The van der Waals surface area contributed by atoms with Crippen molar-refractivity contribution in [2.24, 2.45) is 14.1 Å². The Labute approximate surface area is 213 Å². The molecule has 0 saturated carbocycles. The van der Waals surface area contributed by atoms with E-state index < -0.39 is 0 Å². The molecule has 2 amide bonds. The maximum absolute atomic E-state index is 13.4. The van der Waals surface area contributed by atoms with Crippen molar-refractivity contribution in [2.75, 3.05) is 25.0 Å². The number of nitrogens with zero attached hydrogens (tertiary/aromatic N) is 8. The van der Waals surface area contributed by atoms with Gasteiger partial charge in [0.1, 0.15) is 5.82 Å². The lowest BCUT2D eigenvalue weighted by Gasteiger charge is -2.11. The fourth-order valence-electron chi connectivity index (χ4n) is 3.88. The Hall–Kier alpha value is -4.26. The molecular weight excluding hydrogens is 477 g/mol. The number of aryl methyl sites for hydroxylation is 3. The van der Waals surface area contributed by atoms with E-state index in [-0.39, 0.29) is 11.8 Å². The normalized spacial score (nSPS) is 11.0. The van der Waals surface area contributed by atoms with E-state index in [0.717, 1.165) is 37.9 Å². The van der Waals surface area contributed by atoms with Gasteiger partial charge in [-0.3, -0.25) is 0 Å². The number of rotatable bonds is 11. The number of carbonyl (C=O) groups is 1. The summed E-state index contributed by atoms with van der Waals surface area (Å²) in [6.07, 6.45) is 2.59. The summed E-state index contributed by atoms with van der Waals surface area (Å²) in [5.41, 5.74) is 3.77. The van der Waals surface area contributed by atoms with Crippen molar-refractivity contribution in [1.82, 2.24) is 51.0 Å². The molecule has 2 aromatic carbocycles. The number of halogens is 1. The predicted molar refractivity (Wildman–Crippen MR) is 136 cm³/mol. The molecule has 4 rings (SSSR count). The van der Waals surface area contributed by atoms with Crippen LogP contribution in [0.3, 0.4) is 0 Å². The molecule has 12 nitrogen and oxygen atoms in total. The Morgan fingerprint density at radius 1 is 0.892 bits per heavy atom. The smallest absolute Gasteiger partial charge is 0.319 e. The largest absolute Gasteiger partial charge is 0.338 e. The van der Waals surface area contributed by atoms with Crippen LogP contribution in [-0.4, -0.2) is 66.1 Å². The molecule has 0 radical (unpaired) electrons. The van der Waals surface area contributed by atoms with Gasteiger partial charge in [0.25, 0.3) is 0 Å². The fraction of sp³-hybridized carbons (Fsp3) is 0.375. The van der Waals surface area contributed by atoms with Crippen LogP contribution in [-0.2, 0) is 20.5 Å². The van der Waals surface area contributed by atoms with E-state index in [1.54, 1.807) is 42.5 Å². The molecule has 0 spiro atoms. The Bertz CT molecular complexity index is 1290. The van der Waals surface area contributed by atoms with E-state index in [4.69, 9.17) is 0 Å². The number of aromatic nitrogens is 8. The molecule has 0 aliphatic heterocycles. The summed E-state index contributed by atoms with van der Waals surface area (Å²) in [7, 11) is 3.48. The zero-order valence-corrected chi connectivity index (χ0v) is 21.1. The second-order valence-electron chi connectivity index (χ2n) is 8.72. The van der Waals surface area contributed by atoms with Crippen molar-refractivity contribution in [3.05, 3.63) is 53.3 Å². The molecule has 0 aliphatic carbocycles. The third-order valence-corrected chi connectivity index (χ3v) is 5.83. The highest BCUT2D eigenvalue weighted by atomic mass is 19.1. The number of benzene rings is 2. The summed E-state index contributed by atoms with van der Waals surface area (Å²) in [5, 5.41) is 32.4. The van der Waals surface area contributed by atoms with Gasteiger partial charge in [-0.25, -0.2) is 18.5 Å². The summed E-state index contributed by atoms with van der Waals surface area (Å²) < 4.78 is 16.5. The first-order chi connectivity index (χ1) is 17.9. The van der Waals surface area contributed by atoms with Gasteiger partial charge in [-0.1, -0.05) is 12.1 Å². The average Bonchev–Trinajstić information content (AvgIpc) is 3.50. The maximum Gasteiger partial charge on any atom is 0.319 e. The number of hydrogen-bond acceptors (Lipinski definition) is 8. The Morgan fingerprint density at radius 2 is 1.54 bits per heavy atom. The number of urea groups is 1. The van der Waals surface area contributed by atoms with Crippen LogP contribution in [0, 0.1) is 12.7 Å². The van der Waals surface area contributed by atoms with Gasteiger partial charge >= 0.3 is 6.03 Å². The number of unbranched alkanes of at least 4 members (excludes halogenated alkanes) is 1. The molecule has 2 heterocycles. The van der Waals surface area contributed by atoms with E-state index in [1.807, 2.05) is 18.2 Å². The van der Waals surface area contributed by atoms with Crippen LogP contribution < -0.4 is 16.0 Å². The average molecular weight is 508 g/mol. The Morgan fingerprint density at radius 3 is 2.14 bits per heavy atom. The summed E-state index contributed by atoms with van der Waals surface area (Å²) >= 11 is 0. The molecule has 0 unspecified atom stereocenters. The minimum absolute atomic E-state index is 0.174. The molecule has 37 heavy (non-hydrogen) atoms. The van der Waals surface area contributed by atoms with Crippen LogP contribution in [0.1, 0.15) is 24.0 Å². The topological polar surface area (TPSA) is 140 Å². The molecule has 0 saturated heterocycles. The van der Waals surface area contributed by atoms with Crippen LogP contribution in [0.4, 0.5) is 14.9 Å². The van der Waals surface area contributed by atoms with E-state index in [2.05, 4.69) is 47.0 Å². The van der Waals surface area contributed by atoms with E-state index in [1.165, 1.54) is 6.07 Å². The number of nitrogens with one attached hydrogen (secondary N) is 3. The van der Waals surface area contributed by atoms with Crippen molar-refractivity contribution < 1.29 is 9.18 Å². The Balaban J connectivity index is 1.24. The van der Waals surface area contributed by atoms with Crippen molar-refractivity contribution >= 4 is 11.7 Å². The molecule has 0 fully saturated rings. The molecule has 0 atom stereocenters. The van der Waals surface area contributed by atoms with Crippen LogP contribution in [0.15, 0.2) is 36.4 Å². The van der Waals surface area contributed by atoms with Crippen LogP contribution in [0.5, 0.6) is 0 Å². The quantitative estimate of drug-likeness (QED) is 0.263. The zero-order chi connectivity index (χ0) is 26.2. The molecule has 3 N–H and O–H groups in total. The van der Waals surface area contributed by atoms with Gasteiger partial charge in [0, 0.05) is 37.5 Å². The monoisotopic (exact) mass is 507 g/mol. The highest BCUT2D eigenvalue weighted by Gasteiger charge is 2.14. The van der Waals surface area contributed by atoms with E-state index in [9.17, 15) is 9.18 Å². The minimum Gasteiger partial charge on any atom is -0.338 e. The SMILES string of the molecule is Cc1cc(CCNCCCCNC(=O)Nc2cc(-c3nnnn3C)cc(-c3nnnn3C)c2)ccc1F. The summed E-state index contributed by atoms with van der Waals surface area (Å²) in [6, 6.07) is 10.4. The minimum atomic E-state index is -0.310. The van der Waals surface area contributed by atoms with Gasteiger partial charge in [0.2, 0.25) is 0 Å². The second-order valence-corrected chi connectivity index (χ2v) is 8.72. The van der Waals surface area contributed by atoms with Crippen molar-refractivity contribution in [3.63, 3.8) is 0 Å².